The summed E-state index contributed by atoms with van der Waals surface area (Å²) in [6.45, 7) is 4.25. The molecule has 3 aromatic rings. The van der Waals surface area contributed by atoms with E-state index < -0.39 is 0 Å². The SMILES string of the molecule is Cc1nc(C)n(Cc2nc(NN)c3ccsc3n2)n1. The van der Waals surface area contributed by atoms with Gasteiger partial charge in [0.25, 0.3) is 0 Å². The third-order valence-corrected chi connectivity index (χ3v) is 3.57. The zero-order valence-corrected chi connectivity index (χ0v) is 11.4. The van der Waals surface area contributed by atoms with E-state index in [0.717, 1.165) is 21.9 Å². The zero-order valence-electron chi connectivity index (χ0n) is 10.6. The van der Waals surface area contributed by atoms with Crippen LogP contribution in [0.3, 0.4) is 0 Å². The highest BCUT2D eigenvalue weighted by molar-refractivity contribution is 7.16. The third kappa shape index (κ3) is 2.15. The van der Waals surface area contributed by atoms with Gasteiger partial charge in [0.2, 0.25) is 0 Å². The van der Waals surface area contributed by atoms with Crippen LogP contribution in [-0.2, 0) is 6.54 Å². The summed E-state index contributed by atoms with van der Waals surface area (Å²) in [5.41, 5.74) is 2.61. The molecule has 7 nitrogen and oxygen atoms in total. The van der Waals surface area contributed by atoms with Gasteiger partial charge in [-0.3, -0.25) is 0 Å². The second kappa shape index (κ2) is 4.56. The van der Waals surface area contributed by atoms with Gasteiger partial charge in [-0.2, -0.15) is 5.10 Å². The number of nitrogens with zero attached hydrogens (tertiary/aromatic N) is 5. The van der Waals surface area contributed by atoms with Crippen LogP contribution in [0, 0.1) is 13.8 Å². The second-order valence-electron chi connectivity index (χ2n) is 4.14. The quantitative estimate of drug-likeness (QED) is 0.551. The molecule has 0 aliphatic rings. The first kappa shape index (κ1) is 12.0. The van der Waals surface area contributed by atoms with Gasteiger partial charge in [-0.1, -0.05) is 0 Å². The van der Waals surface area contributed by atoms with E-state index in [4.69, 9.17) is 5.84 Å². The minimum atomic E-state index is 0.481. The van der Waals surface area contributed by atoms with E-state index in [1.165, 1.54) is 0 Å². The first-order valence-electron chi connectivity index (χ1n) is 5.76. The Morgan fingerprint density at radius 3 is 2.84 bits per heavy atom. The molecule has 0 aromatic carbocycles. The highest BCUT2D eigenvalue weighted by atomic mass is 32.1. The summed E-state index contributed by atoms with van der Waals surface area (Å²) in [6.07, 6.45) is 0. The van der Waals surface area contributed by atoms with E-state index >= 15 is 0 Å². The van der Waals surface area contributed by atoms with Crippen LogP contribution in [0.2, 0.25) is 0 Å². The van der Waals surface area contributed by atoms with E-state index in [0.29, 0.717) is 18.2 Å². The van der Waals surface area contributed by atoms with E-state index in [9.17, 15) is 0 Å². The first-order chi connectivity index (χ1) is 9.17. The fraction of sp³-hybridized carbons (Fsp3) is 0.273. The Balaban J connectivity index is 2.03. The van der Waals surface area contributed by atoms with E-state index in [2.05, 4.69) is 25.5 Å². The first-order valence-corrected chi connectivity index (χ1v) is 6.64. The van der Waals surface area contributed by atoms with Crippen LogP contribution in [0.5, 0.6) is 0 Å². The van der Waals surface area contributed by atoms with Crippen LogP contribution in [0.25, 0.3) is 10.2 Å². The number of rotatable bonds is 3. The van der Waals surface area contributed by atoms with Gasteiger partial charge in [0, 0.05) is 0 Å². The third-order valence-electron chi connectivity index (χ3n) is 2.76. The Bertz CT molecular complexity index is 730. The van der Waals surface area contributed by atoms with Gasteiger partial charge in [0.15, 0.2) is 11.6 Å². The van der Waals surface area contributed by atoms with Crippen molar-refractivity contribution in [3.63, 3.8) is 0 Å². The minimum Gasteiger partial charge on any atom is -0.308 e. The molecule has 0 unspecified atom stereocenters. The Hall–Kier alpha value is -2.06. The molecular formula is C11H13N7S. The van der Waals surface area contributed by atoms with Crippen LogP contribution in [0.1, 0.15) is 17.5 Å². The molecule has 0 amide bonds. The number of aromatic nitrogens is 5. The Labute approximate surface area is 113 Å². The number of hydrogen-bond donors (Lipinski definition) is 2. The van der Waals surface area contributed by atoms with Gasteiger partial charge in [-0.15, -0.1) is 11.3 Å². The molecule has 0 saturated heterocycles. The van der Waals surface area contributed by atoms with Crippen molar-refractivity contribution in [3.8, 4) is 0 Å². The van der Waals surface area contributed by atoms with E-state index in [1.807, 2.05) is 25.3 Å². The molecule has 0 atom stereocenters. The van der Waals surface area contributed by atoms with Crippen molar-refractivity contribution in [2.24, 2.45) is 5.84 Å². The molecule has 19 heavy (non-hydrogen) atoms. The summed E-state index contributed by atoms with van der Waals surface area (Å²) in [5, 5.41) is 7.21. The molecule has 3 heterocycles. The number of hydrogen-bond acceptors (Lipinski definition) is 7. The van der Waals surface area contributed by atoms with Gasteiger partial charge < -0.3 is 5.43 Å². The molecule has 0 aliphatic heterocycles. The van der Waals surface area contributed by atoms with Gasteiger partial charge in [-0.25, -0.2) is 25.5 Å². The number of nitrogens with one attached hydrogen (secondary N) is 1. The molecular weight excluding hydrogens is 262 g/mol. The predicted octanol–water partition coefficient (Wildman–Crippen LogP) is 1.23. The van der Waals surface area contributed by atoms with Gasteiger partial charge in [-0.05, 0) is 25.3 Å². The molecule has 0 spiro atoms. The molecule has 0 saturated carbocycles. The van der Waals surface area contributed by atoms with Crippen molar-refractivity contribution in [2.45, 2.75) is 20.4 Å². The summed E-state index contributed by atoms with van der Waals surface area (Å²) >= 11 is 1.56. The Kier molecular flexibility index (Phi) is 2.88. The average molecular weight is 275 g/mol. The summed E-state index contributed by atoms with van der Waals surface area (Å²) in [7, 11) is 0. The summed E-state index contributed by atoms with van der Waals surface area (Å²) in [5.74, 6) is 8.38. The van der Waals surface area contributed by atoms with Crippen molar-refractivity contribution in [1.29, 1.82) is 0 Å². The fourth-order valence-corrected chi connectivity index (χ4v) is 2.71. The van der Waals surface area contributed by atoms with Crippen LogP contribution in [0.4, 0.5) is 5.82 Å². The maximum Gasteiger partial charge on any atom is 0.154 e. The average Bonchev–Trinajstić information content (AvgIpc) is 2.95. The summed E-state index contributed by atoms with van der Waals surface area (Å²) in [4.78, 5) is 14.1. The number of nitrogen functional groups attached to an aromatic ring is 1. The zero-order chi connectivity index (χ0) is 13.4. The number of nitrogens with two attached hydrogens (primary N) is 1. The number of aryl methyl sites for hydroxylation is 2. The number of anilines is 1. The second-order valence-corrected chi connectivity index (χ2v) is 5.03. The molecule has 3 aromatic heterocycles. The lowest BCUT2D eigenvalue weighted by Gasteiger charge is -2.06. The topological polar surface area (TPSA) is 94.5 Å². The highest BCUT2D eigenvalue weighted by Crippen LogP contribution is 2.24. The Morgan fingerprint density at radius 2 is 2.16 bits per heavy atom. The van der Waals surface area contributed by atoms with Crippen molar-refractivity contribution < 1.29 is 0 Å². The molecule has 0 radical (unpaired) electrons. The molecule has 8 heteroatoms. The molecule has 3 N–H and O–H groups in total. The molecule has 0 bridgehead atoms. The van der Waals surface area contributed by atoms with E-state index in [1.54, 1.807) is 16.0 Å². The molecule has 0 fully saturated rings. The number of thiophene rings is 1. The van der Waals surface area contributed by atoms with Gasteiger partial charge >= 0.3 is 0 Å². The molecule has 98 valence electrons. The lowest BCUT2D eigenvalue weighted by Crippen LogP contribution is -2.13. The van der Waals surface area contributed by atoms with Crippen LogP contribution in [-0.4, -0.2) is 24.7 Å². The maximum absolute atomic E-state index is 5.50. The predicted molar refractivity (Wildman–Crippen MR) is 73.8 cm³/mol. The van der Waals surface area contributed by atoms with Crippen LogP contribution in [0.15, 0.2) is 11.4 Å². The Morgan fingerprint density at radius 1 is 1.32 bits per heavy atom. The molecule has 0 aliphatic carbocycles. The van der Waals surface area contributed by atoms with Gasteiger partial charge in [0.05, 0.1) is 5.39 Å². The maximum atomic E-state index is 5.50. The fourth-order valence-electron chi connectivity index (χ4n) is 1.93. The standard InChI is InChI=1S/C11H13N7S/c1-6-13-7(2)18(17-6)5-9-14-10(16-12)8-3-4-19-11(8)15-9/h3-4H,5,12H2,1-2H3,(H,14,15,16). The number of fused-ring (bicyclic) bond motifs is 1. The normalized spacial score (nSPS) is 11.1. The molecule has 3 rings (SSSR count). The summed E-state index contributed by atoms with van der Waals surface area (Å²) < 4.78 is 1.78. The van der Waals surface area contributed by atoms with Crippen LogP contribution < -0.4 is 11.3 Å². The highest BCUT2D eigenvalue weighted by Gasteiger charge is 2.10. The lowest BCUT2D eigenvalue weighted by atomic mass is 10.4. The lowest BCUT2D eigenvalue weighted by molar-refractivity contribution is 0.632. The van der Waals surface area contributed by atoms with Crippen molar-refractivity contribution >= 4 is 27.4 Å². The minimum absolute atomic E-state index is 0.481. The monoisotopic (exact) mass is 275 g/mol. The van der Waals surface area contributed by atoms with Crippen LogP contribution >= 0.6 is 11.3 Å². The van der Waals surface area contributed by atoms with Crippen molar-refractivity contribution in [2.75, 3.05) is 5.43 Å². The summed E-state index contributed by atoms with van der Waals surface area (Å²) in [6, 6.07) is 1.95. The smallest absolute Gasteiger partial charge is 0.154 e. The number of hydrazine groups is 1. The van der Waals surface area contributed by atoms with E-state index in [-0.39, 0.29) is 0 Å². The van der Waals surface area contributed by atoms with Crippen molar-refractivity contribution in [3.05, 3.63) is 28.9 Å². The van der Waals surface area contributed by atoms with Crippen molar-refractivity contribution in [1.82, 2.24) is 24.7 Å². The van der Waals surface area contributed by atoms with Gasteiger partial charge in [0.1, 0.15) is 23.0 Å². The largest absolute Gasteiger partial charge is 0.308 e.